The summed E-state index contributed by atoms with van der Waals surface area (Å²) in [5.41, 5.74) is 5.96. The van der Waals surface area contributed by atoms with Gasteiger partial charge in [0.2, 0.25) is 5.91 Å². The Morgan fingerprint density at radius 1 is 0.971 bits per heavy atom. The van der Waals surface area contributed by atoms with Crippen molar-refractivity contribution in [3.63, 3.8) is 0 Å². The van der Waals surface area contributed by atoms with Crippen LogP contribution in [0.5, 0.6) is 0 Å². The molecule has 3 aromatic heterocycles. The molecule has 0 atom stereocenters. The summed E-state index contributed by atoms with van der Waals surface area (Å²) in [5, 5.41) is 13.0. The molecule has 0 aliphatic heterocycles. The molecule has 3 heterocycles. The van der Waals surface area contributed by atoms with Gasteiger partial charge in [0.1, 0.15) is 12.1 Å². The Morgan fingerprint density at radius 3 is 2.63 bits per heavy atom. The molecular weight excluding hydrogens is 438 g/mol. The van der Waals surface area contributed by atoms with Crippen molar-refractivity contribution in [3.05, 3.63) is 89.5 Å². The molecule has 0 saturated carbocycles. The SMILES string of the molecule is Cc1cc(NC(=O)CCCc2ccccc2)n(-c2ncnc3c2cnn3-c2cccc(C)c2C)n1. The lowest BCUT2D eigenvalue weighted by Gasteiger charge is -2.11. The van der Waals surface area contributed by atoms with E-state index in [0.717, 1.165) is 35.2 Å². The highest BCUT2D eigenvalue weighted by molar-refractivity contribution is 5.91. The average Bonchev–Trinajstić information content (AvgIpc) is 3.44. The number of aryl methyl sites for hydroxylation is 3. The van der Waals surface area contributed by atoms with Crippen molar-refractivity contribution in [1.29, 1.82) is 0 Å². The first-order valence-electron chi connectivity index (χ1n) is 11.7. The van der Waals surface area contributed by atoms with Crippen molar-refractivity contribution in [2.45, 2.75) is 40.0 Å². The Hall–Kier alpha value is -4.33. The smallest absolute Gasteiger partial charge is 0.225 e. The molecule has 0 fully saturated rings. The highest BCUT2D eigenvalue weighted by Gasteiger charge is 2.18. The maximum Gasteiger partial charge on any atom is 0.225 e. The summed E-state index contributed by atoms with van der Waals surface area (Å²) in [5.74, 6) is 1.09. The van der Waals surface area contributed by atoms with Crippen molar-refractivity contribution in [1.82, 2.24) is 29.5 Å². The molecule has 5 aromatic rings. The van der Waals surface area contributed by atoms with Gasteiger partial charge in [0, 0.05) is 12.5 Å². The van der Waals surface area contributed by atoms with E-state index >= 15 is 0 Å². The van der Waals surface area contributed by atoms with Crippen LogP contribution in [-0.2, 0) is 11.2 Å². The molecule has 35 heavy (non-hydrogen) atoms. The van der Waals surface area contributed by atoms with Crippen LogP contribution >= 0.6 is 0 Å². The van der Waals surface area contributed by atoms with Crippen molar-refractivity contribution >= 4 is 22.8 Å². The number of nitrogens with zero attached hydrogens (tertiary/aromatic N) is 6. The van der Waals surface area contributed by atoms with Gasteiger partial charge in [-0.15, -0.1) is 0 Å². The van der Waals surface area contributed by atoms with Crippen molar-refractivity contribution < 1.29 is 4.79 Å². The monoisotopic (exact) mass is 465 g/mol. The van der Waals surface area contributed by atoms with Gasteiger partial charge in [-0.2, -0.15) is 14.9 Å². The van der Waals surface area contributed by atoms with Gasteiger partial charge in [-0.05, 0) is 56.4 Å². The lowest BCUT2D eigenvalue weighted by molar-refractivity contribution is -0.116. The van der Waals surface area contributed by atoms with Gasteiger partial charge in [-0.1, -0.05) is 42.5 Å². The van der Waals surface area contributed by atoms with E-state index in [1.54, 1.807) is 10.9 Å². The first-order chi connectivity index (χ1) is 17.0. The Kier molecular flexibility index (Phi) is 6.10. The fourth-order valence-electron chi connectivity index (χ4n) is 4.19. The zero-order valence-electron chi connectivity index (χ0n) is 20.1. The van der Waals surface area contributed by atoms with E-state index in [0.29, 0.717) is 23.7 Å². The Bertz CT molecular complexity index is 1500. The molecule has 0 aliphatic rings. The number of hydrogen-bond donors (Lipinski definition) is 1. The number of amides is 1. The van der Waals surface area contributed by atoms with Crippen molar-refractivity contribution in [2.24, 2.45) is 0 Å². The summed E-state index contributed by atoms with van der Waals surface area (Å²) in [7, 11) is 0. The minimum Gasteiger partial charge on any atom is -0.311 e. The van der Waals surface area contributed by atoms with Crippen LogP contribution in [0.25, 0.3) is 22.5 Å². The summed E-state index contributed by atoms with van der Waals surface area (Å²) in [6, 6.07) is 18.1. The van der Waals surface area contributed by atoms with Crippen LogP contribution in [0.1, 0.15) is 35.2 Å². The molecule has 176 valence electrons. The predicted molar refractivity (Wildman–Crippen MR) is 136 cm³/mol. The van der Waals surface area contributed by atoms with Crippen LogP contribution < -0.4 is 5.32 Å². The average molecular weight is 466 g/mol. The van der Waals surface area contributed by atoms with E-state index in [1.807, 2.05) is 48.0 Å². The van der Waals surface area contributed by atoms with Gasteiger partial charge in [-0.3, -0.25) is 4.79 Å². The molecule has 0 spiro atoms. The first-order valence-corrected chi connectivity index (χ1v) is 11.7. The van der Waals surface area contributed by atoms with Crippen molar-refractivity contribution in [2.75, 3.05) is 5.32 Å². The van der Waals surface area contributed by atoms with Gasteiger partial charge in [0.05, 0.1) is 23.0 Å². The first kappa shape index (κ1) is 22.5. The van der Waals surface area contributed by atoms with Crippen LogP contribution in [0.2, 0.25) is 0 Å². The van der Waals surface area contributed by atoms with Crippen molar-refractivity contribution in [3.8, 4) is 11.5 Å². The number of nitrogens with one attached hydrogen (secondary N) is 1. The zero-order chi connectivity index (χ0) is 24.4. The number of rotatable bonds is 7. The molecule has 0 radical (unpaired) electrons. The van der Waals surface area contributed by atoms with Crippen LogP contribution in [0, 0.1) is 20.8 Å². The fraction of sp³-hybridized carbons (Fsp3) is 0.222. The molecule has 8 heteroatoms. The lowest BCUT2D eigenvalue weighted by atomic mass is 10.1. The minimum atomic E-state index is -0.0570. The normalized spacial score (nSPS) is 11.2. The second-order valence-corrected chi connectivity index (χ2v) is 8.68. The second kappa shape index (κ2) is 9.50. The van der Waals surface area contributed by atoms with Gasteiger partial charge in [-0.25, -0.2) is 14.6 Å². The Labute approximate surface area is 203 Å². The Morgan fingerprint density at radius 2 is 1.80 bits per heavy atom. The molecule has 0 saturated heterocycles. The molecule has 5 rings (SSSR count). The van der Waals surface area contributed by atoms with E-state index in [2.05, 4.69) is 57.5 Å². The molecule has 8 nitrogen and oxygen atoms in total. The van der Waals surface area contributed by atoms with E-state index in [9.17, 15) is 4.79 Å². The summed E-state index contributed by atoms with van der Waals surface area (Å²) < 4.78 is 3.48. The van der Waals surface area contributed by atoms with E-state index < -0.39 is 0 Å². The molecule has 1 N–H and O–H groups in total. The summed E-state index contributed by atoms with van der Waals surface area (Å²) in [6.07, 6.45) is 5.29. The summed E-state index contributed by atoms with van der Waals surface area (Å²) in [6.45, 7) is 6.04. The largest absolute Gasteiger partial charge is 0.311 e. The third-order valence-corrected chi connectivity index (χ3v) is 6.16. The lowest BCUT2D eigenvalue weighted by Crippen LogP contribution is -2.15. The van der Waals surface area contributed by atoms with Crippen LogP contribution in [0.4, 0.5) is 5.82 Å². The van der Waals surface area contributed by atoms with E-state index in [-0.39, 0.29) is 5.91 Å². The number of carbonyl (C=O) groups is 1. The number of aromatic nitrogens is 6. The topological polar surface area (TPSA) is 90.5 Å². The third kappa shape index (κ3) is 4.55. The molecule has 0 unspecified atom stereocenters. The predicted octanol–water partition coefficient (Wildman–Crippen LogP) is 4.89. The highest BCUT2D eigenvalue weighted by atomic mass is 16.1. The molecule has 0 aliphatic carbocycles. The van der Waals surface area contributed by atoms with Crippen LogP contribution in [-0.4, -0.2) is 35.4 Å². The van der Waals surface area contributed by atoms with E-state index in [4.69, 9.17) is 0 Å². The summed E-state index contributed by atoms with van der Waals surface area (Å²) in [4.78, 5) is 21.7. The van der Waals surface area contributed by atoms with Crippen LogP contribution in [0.15, 0.2) is 67.1 Å². The Balaban J connectivity index is 1.41. The standard InChI is InChI=1S/C27H27N7O/c1-18-9-7-13-23(20(18)3)33-26-22(16-30-33)27(29-17-28-26)34-24(15-19(2)32-34)31-25(35)14-8-12-21-10-5-4-6-11-21/h4-7,9-11,13,15-17H,8,12,14H2,1-3H3,(H,31,35). The molecular formula is C27H27N7O. The molecule has 0 bridgehead atoms. The number of fused-ring (bicyclic) bond motifs is 1. The number of benzene rings is 2. The van der Waals surface area contributed by atoms with Gasteiger partial charge < -0.3 is 5.32 Å². The zero-order valence-corrected chi connectivity index (χ0v) is 20.1. The van der Waals surface area contributed by atoms with Crippen LogP contribution in [0.3, 0.4) is 0 Å². The number of hydrogen-bond acceptors (Lipinski definition) is 5. The molecule has 2 aromatic carbocycles. The van der Waals surface area contributed by atoms with Gasteiger partial charge >= 0.3 is 0 Å². The van der Waals surface area contributed by atoms with E-state index in [1.165, 1.54) is 17.5 Å². The number of carbonyl (C=O) groups excluding carboxylic acids is 1. The number of anilines is 1. The fourth-order valence-corrected chi connectivity index (χ4v) is 4.19. The third-order valence-electron chi connectivity index (χ3n) is 6.16. The highest BCUT2D eigenvalue weighted by Crippen LogP contribution is 2.26. The van der Waals surface area contributed by atoms with Gasteiger partial charge in [0.15, 0.2) is 11.5 Å². The quantitative estimate of drug-likeness (QED) is 0.370. The molecule has 1 amide bonds. The maximum atomic E-state index is 12.7. The minimum absolute atomic E-state index is 0.0570. The van der Waals surface area contributed by atoms with Gasteiger partial charge in [0.25, 0.3) is 0 Å². The second-order valence-electron chi connectivity index (χ2n) is 8.68. The summed E-state index contributed by atoms with van der Waals surface area (Å²) >= 11 is 0. The maximum absolute atomic E-state index is 12.7.